The van der Waals surface area contributed by atoms with E-state index in [2.05, 4.69) is 0 Å². The Hall–Kier alpha value is -2.35. The van der Waals surface area contributed by atoms with E-state index in [1.807, 2.05) is 74.6 Å². The number of amides is 1. The second-order valence-corrected chi connectivity index (χ2v) is 4.87. The van der Waals surface area contributed by atoms with Crippen LogP contribution in [0.1, 0.15) is 18.1 Å². The van der Waals surface area contributed by atoms with Crippen molar-refractivity contribution in [1.29, 1.82) is 0 Å². The van der Waals surface area contributed by atoms with E-state index in [4.69, 9.17) is 0 Å². The summed E-state index contributed by atoms with van der Waals surface area (Å²) in [6.07, 6.45) is 1.69. The quantitative estimate of drug-likeness (QED) is 0.771. The van der Waals surface area contributed by atoms with Crippen molar-refractivity contribution in [3.05, 3.63) is 77.9 Å². The van der Waals surface area contributed by atoms with E-state index >= 15 is 0 Å². The van der Waals surface area contributed by atoms with Crippen molar-refractivity contribution < 1.29 is 4.79 Å². The Bertz CT molecular complexity index is 587. The third kappa shape index (κ3) is 3.82. The van der Waals surface area contributed by atoms with Crippen LogP contribution in [0.5, 0.6) is 0 Å². The Labute approximate surface area is 120 Å². The van der Waals surface area contributed by atoms with Gasteiger partial charge in [-0.25, -0.2) is 0 Å². The molecule has 2 aromatic rings. The Morgan fingerprint density at radius 3 is 2.15 bits per heavy atom. The summed E-state index contributed by atoms with van der Waals surface area (Å²) in [5, 5.41) is 0. The number of nitrogens with zero attached hydrogens (tertiary/aromatic N) is 1. The van der Waals surface area contributed by atoms with Crippen LogP contribution in [0.3, 0.4) is 0 Å². The maximum atomic E-state index is 12.2. The van der Waals surface area contributed by atoms with Crippen LogP contribution in [0.15, 0.2) is 66.7 Å². The molecule has 0 N–H and O–H groups in total. The van der Waals surface area contributed by atoms with E-state index in [1.54, 1.807) is 11.0 Å². The third-order valence-corrected chi connectivity index (χ3v) is 3.21. The van der Waals surface area contributed by atoms with Crippen molar-refractivity contribution in [1.82, 2.24) is 4.90 Å². The standard InChI is InChI=1S/C18H19NO/c1-15(17-11-7-4-8-12-17)13-18(20)19(2)14-16-9-5-3-6-10-16/h3-13H,14H2,1-2H3. The zero-order valence-electron chi connectivity index (χ0n) is 11.9. The summed E-state index contributed by atoms with van der Waals surface area (Å²) in [7, 11) is 1.82. The summed E-state index contributed by atoms with van der Waals surface area (Å²) < 4.78 is 0. The average Bonchev–Trinajstić information content (AvgIpc) is 2.49. The van der Waals surface area contributed by atoms with E-state index < -0.39 is 0 Å². The summed E-state index contributed by atoms with van der Waals surface area (Å²) >= 11 is 0. The Kier molecular flexibility index (Phi) is 4.72. The van der Waals surface area contributed by atoms with E-state index in [0.717, 1.165) is 16.7 Å². The van der Waals surface area contributed by atoms with Gasteiger partial charge in [0.1, 0.15) is 0 Å². The molecule has 0 saturated carbocycles. The normalized spacial score (nSPS) is 11.2. The lowest BCUT2D eigenvalue weighted by atomic mass is 10.1. The predicted molar refractivity (Wildman–Crippen MR) is 83.0 cm³/mol. The molecule has 0 bridgehead atoms. The number of hydrogen-bond acceptors (Lipinski definition) is 1. The van der Waals surface area contributed by atoms with Crippen LogP contribution in [-0.4, -0.2) is 17.9 Å². The number of hydrogen-bond donors (Lipinski definition) is 0. The molecule has 0 aliphatic carbocycles. The van der Waals surface area contributed by atoms with Gasteiger partial charge in [0.2, 0.25) is 5.91 Å². The first-order chi connectivity index (χ1) is 9.66. The molecule has 102 valence electrons. The van der Waals surface area contributed by atoms with Gasteiger partial charge in [0.15, 0.2) is 0 Å². The van der Waals surface area contributed by atoms with Crippen molar-refractivity contribution in [3.8, 4) is 0 Å². The van der Waals surface area contributed by atoms with E-state index in [9.17, 15) is 4.79 Å². The number of rotatable bonds is 4. The first-order valence-corrected chi connectivity index (χ1v) is 6.69. The van der Waals surface area contributed by atoms with Crippen LogP contribution in [0.4, 0.5) is 0 Å². The summed E-state index contributed by atoms with van der Waals surface area (Å²) in [4.78, 5) is 13.9. The van der Waals surface area contributed by atoms with Gasteiger partial charge in [-0.05, 0) is 23.6 Å². The molecular formula is C18H19NO. The predicted octanol–water partition coefficient (Wildman–Crippen LogP) is 3.75. The van der Waals surface area contributed by atoms with Crippen LogP contribution in [-0.2, 0) is 11.3 Å². The van der Waals surface area contributed by atoms with Gasteiger partial charge >= 0.3 is 0 Å². The van der Waals surface area contributed by atoms with Gasteiger partial charge in [0, 0.05) is 19.7 Å². The van der Waals surface area contributed by atoms with Crippen molar-refractivity contribution in [2.24, 2.45) is 0 Å². The molecule has 0 radical (unpaired) electrons. The molecule has 0 spiro atoms. The minimum absolute atomic E-state index is 0.0233. The molecule has 0 aliphatic heterocycles. The number of allylic oxidation sites excluding steroid dienone is 1. The van der Waals surface area contributed by atoms with Crippen molar-refractivity contribution in [3.63, 3.8) is 0 Å². The van der Waals surface area contributed by atoms with Gasteiger partial charge in [-0.2, -0.15) is 0 Å². The van der Waals surface area contributed by atoms with Gasteiger partial charge in [-0.3, -0.25) is 4.79 Å². The van der Waals surface area contributed by atoms with Crippen LogP contribution in [0.2, 0.25) is 0 Å². The number of carbonyl (C=O) groups is 1. The van der Waals surface area contributed by atoms with Crippen LogP contribution in [0, 0.1) is 0 Å². The second-order valence-electron chi connectivity index (χ2n) is 4.87. The van der Waals surface area contributed by atoms with Crippen LogP contribution < -0.4 is 0 Å². The molecule has 0 aromatic heterocycles. The molecular weight excluding hydrogens is 246 g/mol. The lowest BCUT2D eigenvalue weighted by Gasteiger charge is -2.15. The fraction of sp³-hybridized carbons (Fsp3) is 0.167. The Morgan fingerprint density at radius 2 is 1.55 bits per heavy atom. The fourth-order valence-corrected chi connectivity index (χ4v) is 2.01. The summed E-state index contributed by atoms with van der Waals surface area (Å²) in [6.45, 7) is 2.59. The highest BCUT2D eigenvalue weighted by atomic mass is 16.2. The highest BCUT2D eigenvalue weighted by Crippen LogP contribution is 2.13. The van der Waals surface area contributed by atoms with Crippen LogP contribution in [0.25, 0.3) is 5.57 Å². The number of likely N-dealkylation sites (N-methyl/N-ethyl adjacent to an activating group) is 1. The number of carbonyl (C=O) groups excluding carboxylic acids is 1. The lowest BCUT2D eigenvalue weighted by molar-refractivity contribution is -0.125. The minimum Gasteiger partial charge on any atom is -0.338 e. The lowest BCUT2D eigenvalue weighted by Crippen LogP contribution is -2.24. The molecule has 0 atom stereocenters. The summed E-state index contributed by atoms with van der Waals surface area (Å²) in [5.41, 5.74) is 3.19. The van der Waals surface area contributed by atoms with Gasteiger partial charge in [0.25, 0.3) is 0 Å². The van der Waals surface area contributed by atoms with Crippen LogP contribution >= 0.6 is 0 Å². The molecule has 2 heteroatoms. The Morgan fingerprint density at radius 1 is 1.00 bits per heavy atom. The molecule has 0 unspecified atom stereocenters. The molecule has 1 amide bonds. The second kappa shape index (κ2) is 6.71. The van der Waals surface area contributed by atoms with E-state index in [0.29, 0.717) is 6.54 Å². The molecule has 0 saturated heterocycles. The van der Waals surface area contributed by atoms with Gasteiger partial charge in [0.05, 0.1) is 0 Å². The van der Waals surface area contributed by atoms with Gasteiger partial charge in [-0.15, -0.1) is 0 Å². The first-order valence-electron chi connectivity index (χ1n) is 6.69. The summed E-state index contributed by atoms with van der Waals surface area (Å²) in [5.74, 6) is 0.0233. The van der Waals surface area contributed by atoms with Gasteiger partial charge in [-0.1, -0.05) is 60.7 Å². The average molecular weight is 265 g/mol. The van der Waals surface area contributed by atoms with Crippen molar-refractivity contribution in [2.45, 2.75) is 13.5 Å². The SMILES string of the molecule is CC(=CC(=O)N(C)Cc1ccccc1)c1ccccc1. The molecule has 2 aromatic carbocycles. The molecule has 2 nitrogen and oxygen atoms in total. The maximum absolute atomic E-state index is 12.2. The van der Waals surface area contributed by atoms with Crippen molar-refractivity contribution in [2.75, 3.05) is 7.05 Å². The van der Waals surface area contributed by atoms with Gasteiger partial charge < -0.3 is 4.90 Å². The summed E-state index contributed by atoms with van der Waals surface area (Å²) in [6, 6.07) is 19.9. The fourth-order valence-electron chi connectivity index (χ4n) is 2.01. The monoisotopic (exact) mass is 265 g/mol. The van der Waals surface area contributed by atoms with E-state index in [-0.39, 0.29) is 5.91 Å². The smallest absolute Gasteiger partial charge is 0.246 e. The zero-order chi connectivity index (χ0) is 14.4. The first kappa shape index (κ1) is 14.1. The molecule has 0 aliphatic rings. The largest absolute Gasteiger partial charge is 0.338 e. The zero-order valence-corrected chi connectivity index (χ0v) is 11.9. The highest BCUT2D eigenvalue weighted by molar-refractivity contribution is 5.94. The van der Waals surface area contributed by atoms with Crippen molar-refractivity contribution >= 4 is 11.5 Å². The topological polar surface area (TPSA) is 20.3 Å². The molecule has 0 heterocycles. The molecule has 20 heavy (non-hydrogen) atoms. The Balaban J connectivity index is 2.04. The highest BCUT2D eigenvalue weighted by Gasteiger charge is 2.07. The number of benzene rings is 2. The maximum Gasteiger partial charge on any atom is 0.246 e. The third-order valence-electron chi connectivity index (χ3n) is 3.21. The molecule has 0 fully saturated rings. The minimum atomic E-state index is 0.0233. The van der Waals surface area contributed by atoms with E-state index in [1.165, 1.54) is 0 Å². The molecule has 2 rings (SSSR count).